The Hall–Kier alpha value is -1.78. The Kier molecular flexibility index (Phi) is 4.74. The average molecular weight is 353 g/mol. The standard InChI is InChI=1S/C17H15Cl2FN2O/c18-12-4-1-2-7-15(12)21-8-10-22(11-9-21)17(23)16-13(19)5-3-6-14(16)20/h1-7H,8-11H2. The number of halogens is 3. The Morgan fingerprint density at radius 1 is 0.913 bits per heavy atom. The van der Waals surface area contributed by atoms with E-state index in [-0.39, 0.29) is 16.5 Å². The molecule has 2 aromatic rings. The van der Waals surface area contributed by atoms with Crippen molar-refractivity contribution in [2.24, 2.45) is 0 Å². The summed E-state index contributed by atoms with van der Waals surface area (Å²) in [6.45, 7) is 2.27. The van der Waals surface area contributed by atoms with Crippen LogP contribution in [-0.2, 0) is 0 Å². The molecule has 3 rings (SSSR count). The zero-order valence-electron chi connectivity index (χ0n) is 12.3. The number of rotatable bonds is 2. The molecule has 0 spiro atoms. The minimum Gasteiger partial charge on any atom is -0.367 e. The molecule has 1 aliphatic heterocycles. The van der Waals surface area contributed by atoms with Gasteiger partial charge in [0.05, 0.1) is 21.3 Å². The van der Waals surface area contributed by atoms with Gasteiger partial charge < -0.3 is 9.80 Å². The lowest BCUT2D eigenvalue weighted by Crippen LogP contribution is -2.49. The van der Waals surface area contributed by atoms with Crippen molar-refractivity contribution < 1.29 is 9.18 Å². The van der Waals surface area contributed by atoms with Gasteiger partial charge in [0, 0.05) is 26.2 Å². The van der Waals surface area contributed by atoms with Crippen LogP contribution >= 0.6 is 23.2 Å². The van der Waals surface area contributed by atoms with Crippen LogP contribution in [0.15, 0.2) is 42.5 Å². The SMILES string of the molecule is O=C(c1c(F)cccc1Cl)N1CCN(c2ccccc2Cl)CC1. The van der Waals surface area contributed by atoms with Crippen molar-refractivity contribution in [3.8, 4) is 0 Å². The van der Waals surface area contributed by atoms with E-state index in [2.05, 4.69) is 4.90 Å². The fraction of sp³-hybridized carbons (Fsp3) is 0.235. The predicted octanol–water partition coefficient (Wildman–Crippen LogP) is 4.09. The van der Waals surface area contributed by atoms with Crippen molar-refractivity contribution in [1.82, 2.24) is 4.90 Å². The van der Waals surface area contributed by atoms with Crippen LogP contribution in [0.1, 0.15) is 10.4 Å². The Bertz CT molecular complexity index is 710. The molecule has 1 heterocycles. The maximum atomic E-state index is 13.9. The molecule has 1 saturated heterocycles. The molecular weight excluding hydrogens is 338 g/mol. The third-order valence-electron chi connectivity index (χ3n) is 3.94. The third kappa shape index (κ3) is 3.28. The predicted molar refractivity (Wildman–Crippen MR) is 91.0 cm³/mol. The summed E-state index contributed by atoms with van der Waals surface area (Å²) in [7, 11) is 0. The lowest BCUT2D eigenvalue weighted by atomic mass is 10.1. The molecule has 0 unspecified atom stereocenters. The smallest absolute Gasteiger partial charge is 0.258 e. The summed E-state index contributed by atoms with van der Waals surface area (Å²) in [6, 6.07) is 11.9. The fourth-order valence-corrected chi connectivity index (χ4v) is 3.22. The number of anilines is 1. The van der Waals surface area contributed by atoms with Gasteiger partial charge in [0.15, 0.2) is 0 Å². The lowest BCUT2D eigenvalue weighted by molar-refractivity contribution is 0.0742. The largest absolute Gasteiger partial charge is 0.367 e. The van der Waals surface area contributed by atoms with Gasteiger partial charge in [0.2, 0.25) is 0 Å². The van der Waals surface area contributed by atoms with Crippen molar-refractivity contribution in [2.45, 2.75) is 0 Å². The van der Waals surface area contributed by atoms with E-state index in [1.807, 2.05) is 24.3 Å². The number of para-hydroxylation sites is 1. The second-order valence-corrected chi connectivity index (χ2v) is 6.14. The van der Waals surface area contributed by atoms with Gasteiger partial charge in [-0.05, 0) is 24.3 Å². The minimum atomic E-state index is -0.587. The van der Waals surface area contributed by atoms with E-state index < -0.39 is 5.82 Å². The van der Waals surface area contributed by atoms with Gasteiger partial charge in [-0.2, -0.15) is 0 Å². The van der Waals surface area contributed by atoms with Crippen LogP contribution in [0.3, 0.4) is 0 Å². The monoisotopic (exact) mass is 352 g/mol. The van der Waals surface area contributed by atoms with E-state index >= 15 is 0 Å². The molecular formula is C17H15Cl2FN2O. The van der Waals surface area contributed by atoms with Gasteiger partial charge >= 0.3 is 0 Å². The van der Waals surface area contributed by atoms with Crippen molar-refractivity contribution >= 4 is 34.8 Å². The highest BCUT2D eigenvalue weighted by molar-refractivity contribution is 6.34. The maximum absolute atomic E-state index is 13.9. The fourth-order valence-electron chi connectivity index (χ4n) is 2.72. The first-order chi connectivity index (χ1) is 11.1. The molecule has 1 amide bonds. The highest BCUT2D eigenvalue weighted by Gasteiger charge is 2.26. The van der Waals surface area contributed by atoms with E-state index in [0.29, 0.717) is 31.2 Å². The molecule has 120 valence electrons. The van der Waals surface area contributed by atoms with Crippen LogP contribution in [0.25, 0.3) is 0 Å². The van der Waals surface area contributed by atoms with E-state index in [1.54, 1.807) is 4.90 Å². The average Bonchev–Trinajstić information content (AvgIpc) is 2.55. The van der Waals surface area contributed by atoms with Gasteiger partial charge in [0.1, 0.15) is 5.82 Å². The quantitative estimate of drug-likeness (QED) is 0.812. The molecule has 0 atom stereocenters. The number of hydrogen-bond acceptors (Lipinski definition) is 2. The van der Waals surface area contributed by atoms with Gasteiger partial charge in [-0.15, -0.1) is 0 Å². The summed E-state index contributed by atoms with van der Waals surface area (Å²) in [4.78, 5) is 16.3. The number of hydrogen-bond donors (Lipinski definition) is 0. The van der Waals surface area contributed by atoms with Crippen molar-refractivity contribution in [3.05, 3.63) is 63.9 Å². The third-order valence-corrected chi connectivity index (χ3v) is 4.57. The molecule has 6 heteroatoms. The van der Waals surface area contributed by atoms with E-state index in [9.17, 15) is 9.18 Å². The number of carbonyl (C=O) groups excluding carboxylic acids is 1. The molecule has 0 N–H and O–H groups in total. The van der Waals surface area contributed by atoms with Crippen LogP contribution < -0.4 is 4.90 Å². The number of amides is 1. The first-order valence-corrected chi connectivity index (χ1v) is 8.06. The van der Waals surface area contributed by atoms with Crippen LogP contribution in [0.5, 0.6) is 0 Å². The van der Waals surface area contributed by atoms with Gasteiger partial charge in [-0.3, -0.25) is 4.79 Å². The second kappa shape index (κ2) is 6.77. The highest BCUT2D eigenvalue weighted by atomic mass is 35.5. The minimum absolute atomic E-state index is 0.0552. The van der Waals surface area contributed by atoms with E-state index in [4.69, 9.17) is 23.2 Å². The number of benzene rings is 2. The molecule has 0 radical (unpaired) electrons. The summed E-state index contributed by atoms with van der Waals surface area (Å²) in [5.41, 5.74) is 0.894. The molecule has 1 aliphatic rings. The summed E-state index contributed by atoms with van der Waals surface area (Å²) >= 11 is 12.2. The number of nitrogens with zero attached hydrogens (tertiary/aromatic N) is 2. The number of carbonyl (C=O) groups is 1. The molecule has 0 saturated carbocycles. The Balaban J connectivity index is 1.72. The van der Waals surface area contributed by atoms with Gasteiger partial charge in [-0.25, -0.2) is 4.39 Å². The molecule has 1 fully saturated rings. The topological polar surface area (TPSA) is 23.6 Å². The van der Waals surface area contributed by atoms with Gasteiger partial charge in [-0.1, -0.05) is 41.4 Å². The Labute approximate surface area is 144 Å². The van der Waals surface area contributed by atoms with E-state index in [1.165, 1.54) is 18.2 Å². The normalized spacial score (nSPS) is 14.9. The van der Waals surface area contributed by atoms with Crippen molar-refractivity contribution in [3.63, 3.8) is 0 Å². The maximum Gasteiger partial charge on any atom is 0.258 e. The van der Waals surface area contributed by atoms with Crippen molar-refractivity contribution in [1.29, 1.82) is 0 Å². The lowest BCUT2D eigenvalue weighted by Gasteiger charge is -2.36. The first-order valence-electron chi connectivity index (χ1n) is 7.30. The van der Waals surface area contributed by atoms with Crippen LogP contribution in [0, 0.1) is 5.82 Å². The van der Waals surface area contributed by atoms with Gasteiger partial charge in [0.25, 0.3) is 5.91 Å². The first kappa shape index (κ1) is 16.1. The molecule has 0 aliphatic carbocycles. The Morgan fingerprint density at radius 2 is 1.57 bits per heavy atom. The highest BCUT2D eigenvalue weighted by Crippen LogP contribution is 2.27. The van der Waals surface area contributed by atoms with Crippen LogP contribution in [0.4, 0.5) is 10.1 Å². The Morgan fingerprint density at radius 3 is 2.22 bits per heavy atom. The molecule has 3 nitrogen and oxygen atoms in total. The summed E-state index contributed by atoms with van der Waals surface area (Å²) in [5, 5.41) is 0.827. The summed E-state index contributed by atoms with van der Waals surface area (Å²) < 4.78 is 13.9. The number of piperazine rings is 1. The zero-order valence-corrected chi connectivity index (χ0v) is 13.8. The molecule has 0 bridgehead atoms. The zero-order chi connectivity index (χ0) is 16.4. The molecule has 0 aromatic heterocycles. The van der Waals surface area contributed by atoms with Crippen molar-refractivity contribution in [2.75, 3.05) is 31.1 Å². The second-order valence-electron chi connectivity index (χ2n) is 5.33. The van der Waals surface area contributed by atoms with Crippen LogP contribution in [-0.4, -0.2) is 37.0 Å². The summed E-state index contributed by atoms with van der Waals surface area (Å²) in [6.07, 6.45) is 0. The molecule has 23 heavy (non-hydrogen) atoms. The van der Waals surface area contributed by atoms with E-state index in [0.717, 1.165) is 5.69 Å². The van der Waals surface area contributed by atoms with Crippen LogP contribution in [0.2, 0.25) is 10.0 Å². The summed E-state index contributed by atoms with van der Waals surface area (Å²) in [5.74, 6) is -0.956. The molecule has 2 aromatic carbocycles.